The third kappa shape index (κ3) is 2.47. The first-order chi connectivity index (χ1) is 11.2. The van der Waals surface area contributed by atoms with Gasteiger partial charge in [-0.2, -0.15) is 13.9 Å². The number of nitrogens with one attached hydrogen (secondary N) is 1. The molecular formula is C15H20F2N4O3. The monoisotopic (exact) mass is 342 g/mol. The van der Waals surface area contributed by atoms with Gasteiger partial charge in [0.25, 0.3) is 11.8 Å². The molecule has 9 heteroatoms. The van der Waals surface area contributed by atoms with Gasteiger partial charge in [-0.15, -0.1) is 0 Å². The summed E-state index contributed by atoms with van der Waals surface area (Å²) in [5, 5.41) is 16.0. The quantitative estimate of drug-likeness (QED) is 0.834. The van der Waals surface area contributed by atoms with Crippen LogP contribution < -0.4 is 10.2 Å². The predicted octanol–water partition coefficient (Wildman–Crippen LogP) is 0.500. The third-order valence-electron chi connectivity index (χ3n) is 4.81. The van der Waals surface area contributed by atoms with Crippen LogP contribution in [-0.2, 0) is 16.6 Å². The summed E-state index contributed by atoms with van der Waals surface area (Å²) in [7, 11) is 1.68. The predicted molar refractivity (Wildman–Crippen MR) is 80.6 cm³/mol. The molecule has 3 rings (SSSR count). The fraction of sp³-hybridized carbons (Fsp3) is 0.667. The second-order valence-corrected chi connectivity index (χ2v) is 6.53. The Kier molecular flexibility index (Phi) is 3.86. The lowest BCUT2D eigenvalue weighted by Crippen LogP contribution is -2.62. The van der Waals surface area contributed by atoms with E-state index in [1.165, 1.54) is 9.58 Å². The number of amides is 2. The fourth-order valence-corrected chi connectivity index (χ4v) is 3.18. The maximum absolute atomic E-state index is 14.1. The zero-order chi connectivity index (χ0) is 17.7. The van der Waals surface area contributed by atoms with E-state index in [-0.39, 0.29) is 19.3 Å². The van der Waals surface area contributed by atoms with Gasteiger partial charge < -0.3 is 10.4 Å². The number of alkyl halides is 2. The van der Waals surface area contributed by atoms with E-state index in [4.69, 9.17) is 0 Å². The Morgan fingerprint density at radius 1 is 1.50 bits per heavy atom. The maximum atomic E-state index is 14.1. The van der Waals surface area contributed by atoms with Gasteiger partial charge in [0.05, 0.1) is 5.69 Å². The molecule has 1 saturated heterocycles. The molecule has 2 aliphatic rings. The summed E-state index contributed by atoms with van der Waals surface area (Å²) in [5.41, 5.74) is -1.57. The summed E-state index contributed by atoms with van der Waals surface area (Å²) in [5.74, 6) is -5.39. The van der Waals surface area contributed by atoms with Crippen molar-refractivity contribution < 1.29 is 23.5 Å². The number of aryl methyl sites for hydroxylation is 2. The molecule has 24 heavy (non-hydrogen) atoms. The minimum atomic E-state index is -3.90. The van der Waals surface area contributed by atoms with Crippen molar-refractivity contribution in [2.24, 2.45) is 7.05 Å². The van der Waals surface area contributed by atoms with Gasteiger partial charge in [-0.05, 0) is 32.6 Å². The Balaban J connectivity index is 1.70. The molecule has 1 unspecified atom stereocenters. The standard InChI is InChI=1S/C15H20F2N4O3/c1-9-8-11(20(2)19-9)21-7-4-10(12(21)22)18-13(23)15(16,17)14(24)5-3-6-14/h8,10,24H,3-7H2,1-2H3,(H,18,23). The van der Waals surface area contributed by atoms with E-state index >= 15 is 0 Å². The normalized spacial score (nSPS) is 23.3. The van der Waals surface area contributed by atoms with Crippen molar-refractivity contribution in [2.45, 2.75) is 50.2 Å². The lowest BCUT2D eigenvalue weighted by atomic mass is 9.75. The number of aliphatic hydroxyl groups is 1. The third-order valence-corrected chi connectivity index (χ3v) is 4.81. The molecule has 1 atom stereocenters. The minimum Gasteiger partial charge on any atom is -0.383 e. The van der Waals surface area contributed by atoms with Gasteiger partial charge in [-0.25, -0.2) is 0 Å². The minimum absolute atomic E-state index is 0.119. The Morgan fingerprint density at radius 3 is 2.67 bits per heavy atom. The average molecular weight is 342 g/mol. The lowest BCUT2D eigenvalue weighted by Gasteiger charge is -2.41. The zero-order valence-corrected chi connectivity index (χ0v) is 13.6. The van der Waals surface area contributed by atoms with Crippen LogP contribution in [0.2, 0.25) is 0 Å². The van der Waals surface area contributed by atoms with Gasteiger partial charge in [0.1, 0.15) is 17.5 Å². The average Bonchev–Trinajstić information content (AvgIpc) is 2.99. The highest BCUT2D eigenvalue weighted by Gasteiger charge is 2.61. The molecule has 1 aromatic heterocycles. The van der Waals surface area contributed by atoms with Crippen molar-refractivity contribution in [1.82, 2.24) is 15.1 Å². The number of halogens is 2. The van der Waals surface area contributed by atoms with Crippen LogP contribution in [0.1, 0.15) is 31.4 Å². The van der Waals surface area contributed by atoms with Crippen molar-refractivity contribution in [3.8, 4) is 0 Å². The molecule has 2 fully saturated rings. The van der Waals surface area contributed by atoms with Gasteiger partial charge in [-0.3, -0.25) is 19.2 Å². The number of hydrogen-bond donors (Lipinski definition) is 2. The number of hydrogen-bond acceptors (Lipinski definition) is 4. The summed E-state index contributed by atoms with van der Waals surface area (Å²) in [6, 6.07) is 0.690. The summed E-state index contributed by atoms with van der Waals surface area (Å²) < 4.78 is 29.8. The van der Waals surface area contributed by atoms with Gasteiger partial charge >= 0.3 is 5.92 Å². The van der Waals surface area contributed by atoms with E-state index in [1.54, 1.807) is 20.0 Å². The molecule has 7 nitrogen and oxygen atoms in total. The van der Waals surface area contributed by atoms with Crippen molar-refractivity contribution >= 4 is 17.6 Å². The van der Waals surface area contributed by atoms with Gasteiger partial charge in [-0.1, -0.05) is 0 Å². The molecule has 2 heterocycles. The van der Waals surface area contributed by atoms with Crippen LogP contribution in [0, 0.1) is 6.92 Å². The van der Waals surface area contributed by atoms with E-state index in [0.717, 1.165) is 5.69 Å². The number of aromatic nitrogens is 2. The number of nitrogens with zero attached hydrogens (tertiary/aromatic N) is 3. The summed E-state index contributed by atoms with van der Waals surface area (Å²) in [4.78, 5) is 25.8. The Bertz CT molecular complexity index is 684. The molecule has 1 aromatic rings. The summed E-state index contributed by atoms with van der Waals surface area (Å²) in [6.07, 6.45) is 0.442. The van der Waals surface area contributed by atoms with Crippen LogP contribution in [0.5, 0.6) is 0 Å². The Morgan fingerprint density at radius 2 is 2.17 bits per heavy atom. The molecule has 0 bridgehead atoms. The van der Waals surface area contributed by atoms with E-state index in [1.807, 2.05) is 0 Å². The van der Waals surface area contributed by atoms with Crippen LogP contribution in [0.4, 0.5) is 14.6 Å². The fourth-order valence-electron chi connectivity index (χ4n) is 3.18. The van der Waals surface area contributed by atoms with Gasteiger partial charge in [0, 0.05) is 19.7 Å². The molecular weight excluding hydrogens is 322 g/mol. The molecule has 0 aromatic carbocycles. The first kappa shape index (κ1) is 16.8. The first-order valence-electron chi connectivity index (χ1n) is 7.89. The molecule has 0 radical (unpaired) electrons. The highest BCUT2D eigenvalue weighted by atomic mass is 19.3. The van der Waals surface area contributed by atoms with Crippen LogP contribution in [0.15, 0.2) is 6.07 Å². The van der Waals surface area contributed by atoms with E-state index < -0.39 is 29.4 Å². The number of carbonyl (C=O) groups excluding carboxylic acids is 2. The SMILES string of the molecule is Cc1cc(N2CCC(NC(=O)C(F)(F)C3(O)CCC3)C2=O)n(C)n1. The largest absolute Gasteiger partial charge is 0.383 e. The topological polar surface area (TPSA) is 87.5 Å². The second kappa shape index (κ2) is 5.51. The summed E-state index contributed by atoms with van der Waals surface area (Å²) >= 11 is 0. The second-order valence-electron chi connectivity index (χ2n) is 6.53. The Labute approximate surface area is 137 Å². The Hall–Kier alpha value is -2.03. The molecule has 0 spiro atoms. The van der Waals surface area contributed by atoms with E-state index in [2.05, 4.69) is 10.4 Å². The van der Waals surface area contributed by atoms with E-state index in [9.17, 15) is 23.5 Å². The van der Waals surface area contributed by atoms with Crippen molar-refractivity contribution in [2.75, 3.05) is 11.4 Å². The van der Waals surface area contributed by atoms with Crippen LogP contribution in [0.3, 0.4) is 0 Å². The molecule has 1 aliphatic heterocycles. The number of anilines is 1. The molecule has 2 N–H and O–H groups in total. The van der Waals surface area contributed by atoms with Crippen LogP contribution in [0.25, 0.3) is 0 Å². The smallest absolute Gasteiger partial charge is 0.352 e. The lowest BCUT2D eigenvalue weighted by molar-refractivity contribution is -0.216. The molecule has 1 aliphatic carbocycles. The van der Waals surface area contributed by atoms with Gasteiger partial charge in [0.15, 0.2) is 0 Å². The summed E-state index contributed by atoms with van der Waals surface area (Å²) in [6.45, 7) is 2.09. The van der Waals surface area contributed by atoms with Crippen molar-refractivity contribution in [3.63, 3.8) is 0 Å². The first-order valence-corrected chi connectivity index (χ1v) is 7.89. The van der Waals surface area contributed by atoms with E-state index in [0.29, 0.717) is 18.8 Å². The van der Waals surface area contributed by atoms with Crippen LogP contribution in [-0.4, -0.2) is 50.8 Å². The molecule has 2 amide bonds. The van der Waals surface area contributed by atoms with Crippen LogP contribution >= 0.6 is 0 Å². The maximum Gasteiger partial charge on any atom is 0.352 e. The number of rotatable bonds is 4. The van der Waals surface area contributed by atoms with Gasteiger partial charge in [0.2, 0.25) is 0 Å². The highest BCUT2D eigenvalue weighted by Crippen LogP contribution is 2.44. The zero-order valence-electron chi connectivity index (χ0n) is 13.6. The highest BCUT2D eigenvalue weighted by molar-refractivity contribution is 6.01. The molecule has 1 saturated carbocycles. The number of carbonyl (C=O) groups is 2. The molecule has 132 valence electrons. The van der Waals surface area contributed by atoms with Crippen molar-refractivity contribution in [3.05, 3.63) is 11.8 Å². The van der Waals surface area contributed by atoms with Crippen molar-refractivity contribution in [1.29, 1.82) is 0 Å².